The van der Waals surface area contributed by atoms with Crippen LogP contribution in [0.15, 0.2) is 42.5 Å². The fraction of sp³-hybridized carbons (Fsp3) is 0.143. The fourth-order valence-electron chi connectivity index (χ4n) is 2.09. The Bertz CT molecular complexity index is 778. The maximum absolute atomic E-state index is 12.5. The number of hydrogen-bond acceptors (Lipinski definition) is 3. The van der Waals surface area contributed by atoms with Gasteiger partial charge in [0.2, 0.25) is 0 Å². The summed E-state index contributed by atoms with van der Waals surface area (Å²) in [4.78, 5) is 0. The third kappa shape index (κ3) is 2.81. The summed E-state index contributed by atoms with van der Waals surface area (Å²) in [5.74, 6) is 0.128. The van der Waals surface area contributed by atoms with Crippen molar-refractivity contribution in [3.05, 3.63) is 42.5 Å². The van der Waals surface area contributed by atoms with Gasteiger partial charge in [-0.1, -0.05) is 23.4 Å². The molecule has 2 aromatic carbocycles. The van der Waals surface area contributed by atoms with E-state index in [0.29, 0.717) is 11.0 Å². The molecule has 0 fully saturated rings. The molecule has 3 rings (SSSR count). The number of phenolic OH excluding ortho intramolecular Hbond substituents is 1. The van der Waals surface area contributed by atoms with Crippen LogP contribution in [0.1, 0.15) is 0 Å². The van der Waals surface area contributed by atoms with Crippen LogP contribution in [0.4, 0.5) is 13.2 Å². The standard InChI is InChI=1S/C14H10F3N3O/c15-14(16,17)8-20-13-7-10(3-6-12(13)18-19-20)9-1-4-11(21)5-2-9/h1-7,21H,8H2. The molecule has 0 saturated heterocycles. The highest BCUT2D eigenvalue weighted by molar-refractivity contribution is 5.81. The Balaban J connectivity index is 2.06. The molecule has 7 heteroatoms. The third-order valence-electron chi connectivity index (χ3n) is 3.04. The molecule has 0 amide bonds. The lowest BCUT2D eigenvalue weighted by molar-refractivity contribution is -0.142. The molecule has 0 aliphatic heterocycles. The Morgan fingerprint density at radius 3 is 2.33 bits per heavy atom. The van der Waals surface area contributed by atoms with Crippen molar-refractivity contribution in [1.29, 1.82) is 0 Å². The van der Waals surface area contributed by atoms with Crippen molar-refractivity contribution in [2.45, 2.75) is 12.7 Å². The summed E-state index contributed by atoms with van der Waals surface area (Å²) in [6.45, 7) is -1.18. The summed E-state index contributed by atoms with van der Waals surface area (Å²) >= 11 is 0. The number of hydrogen-bond donors (Lipinski definition) is 1. The molecular weight excluding hydrogens is 283 g/mol. The minimum Gasteiger partial charge on any atom is -0.508 e. The summed E-state index contributed by atoms with van der Waals surface area (Å²) in [7, 11) is 0. The second kappa shape index (κ2) is 4.76. The van der Waals surface area contributed by atoms with Crippen molar-refractivity contribution in [2.24, 2.45) is 0 Å². The van der Waals surface area contributed by atoms with Gasteiger partial charge in [-0.25, -0.2) is 4.68 Å². The molecule has 0 unspecified atom stereocenters. The molecule has 108 valence electrons. The van der Waals surface area contributed by atoms with Gasteiger partial charge in [-0.15, -0.1) is 5.10 Å². The number of nitrogens with zero attached hydrogens (tertiary/aromatic N) is 3. The number of phenols is 1. The van der Waals surface area contributed by atoms with Crippen LogP contribution in [0.3, 0.4) is 0 Å². The number of halogens is 3. The van der Waals surface area contributed by atoms with E-state index < -0.39 is 12.7 Å². The van der Waals surface area contributed by atoms with Crippen molar-refractivity contribution in [1.82, 2.24) is 15.0 Å². The van der Waals surface area contributed by atoms with Gasteiger partial charge < -0.3 is 5.11 Å². The van der Waals surface area contributed by atoms with E-state index in [0.717, 1.165) is 15.8 Å². The van der Waals surface area contributed by atoms with Gasteiger partial charge in [-0.05, 0) is 35.4 Å². The van der Waals surface area contributed by atoms with E-state index in [1.807, 2.05) is 0 Å². The predicted octanol–water partition coefficient (Wildman–Crippen LogP) is 3.37. The van der Waals surface area contributed by atoms with E-state index in [1.165, 1.54) is 12.1 Å². The van der Waals surface area contributed by atoms with Crippen molar-refractivity contribution < 1.29 is 18.3 Å². The number of rotatable bonds is 2. The lowest BCUT2D eigenvalue weighted by Gasteiger charge is -2.07. The number of aromatic hydroxyl groups is 1. The molecule has 1 N–H and O–H groups in total. The zero-order valence-corrected chi connectivity index (χ0v) is 10.7. The van der Waals surface area contributed by atoms with Crippen LogP contribution in [0.2, 0.25) is 0 Å². The van der Waals surface area contributed by atoms with E-state index in [4.69, 9.17) is 0 Å². The Labute approximate surface area is 117 Å². The molecule has 1 aromatic heterocycles. The molecule has 0 aliphatic rings. The summed E-state index contributed by atoms with van der Waals surface area (Å²) in [5.41, 5.74) is 2.24. The molecule has 0 aliphatic carbocycles. The van der Waals surface area contributed by atoms with Crippen LogP contribution < -0.4 is 0 Å². The van der Waals surface area contributed by atoms with E-state index in [-0.39, 0.29) is 5.75 Å². The van der Waals surface area contributed by atoms with E-state index >= 15 is 0 Å². The molecular formula is C14H10F3N3O. The lowest BCUT2D eigenvalue weighted by Crippen LogP contribution is -2.18. The summed E-state index contributed by atoms with van der Waals surface area (Å²) in [6.07, 6.45) is -4.35. The fourth-order valence-corrected chi connectivity index (χ4v) is 2.09. The van der Waals surface area contributed by atoms with Crippen LogP contribution >= 0.6 is 0 Å². The van der Waals surface area contributed by atoms with Gasteiger partial charge in [0.25, 0.3) is 0 Å². The highest BCUT2D eigenvalue weighted by Crippen LogP contribution is 2.26. The summed E-state index contributed by atoms with van der Waals surface area (Å²) in [6, 6.07) is 11.4. The topological polar surface area (TPSA) is 50.9 Å². The molecule has 0 atom stereocenters. The van der Waals surface area contributed by atoms with Crippen molar-refractivity contribution in [3.63, 3.8) is 0 Å². The minimum atomic E-state index is -4.35. The quantitative estimate of drug-likeness (QED) is 0.788. The smallest absolute Gasteiger partial charge is 0.408 e. The normalized spacial score (nSPS) is 12.0. The SMILES string of the molecule is Oc1ccc(-c2ccc3nnn(CC(F)(F)F)c3c2)cc1. The number of alkyl halides is 3. The van der Waals surface area contributed by atoms with Gasteiger partial charge in [0.15, 0.2) is 0 Å². The molecule has 0 saturated carbocycles. The molecule has 4 nitrogen and oxygen atoms in total. The molecule has 3 aromatic rings. The Morgan fingerprint density at radius 1 is 1.00 bits per heavy atom. The zero-order valence-electron chi connectivity index (χ0n) is 10.7. The average Bonchev–Trinajstić information content (AvgIpc) is 2.80. The first-order valence-electron chi connectivity index (χ1n) is 6.12. The Kier molecular flexibility index (Phi) is 3.04. The van der Waals surface area contributed by atoms with Crippen LogP contribution in [0.25, 0.3) is 22.2 Å². The molecule has 0 spiro atoms. The van der Waals surface area contributed by atoms with Gasteiger partial charge in [0, 0.05) is 0 Å². The first-order chi connectivity index (χ1) is 9.92. The van der Waals surface area contributed by atoms with Crippen LogP contribution in [0.5, 0.6) is 5.75 Å². The number of benzene rings is 2. The minimum absolute atomic E-state index is 0.128. The van der Waals surface area contributed by atoms with Gasteiger partial charge in [-0.3, -0.25) is 0 Å². The van der Waals surface area contributed by atoms with Crippen LogP contribution in [-0.2, 0) is 6.54 Å². The van der Waals surface area contributed by atoms with Crippen LogP contribution in [0, 0.1) is 0 Å². The Morgan fingerprint density at radius 2 is 1.67 bits per heavy atom. The van der Waals surface area contributed by atoms with Crippen molar-refractivity contribution in [3.8, 4) is 16.9 Å². The first-order valence-corrected chi connectivity index (χ1v) is 6.12. The van der Waals surface area contributed by atoms with E-state index in [2.05, 4.69) is 10.3 Å². The second-order valence-electron chi connectivity index (χ2n) is 4.61. The molecule has 0 bridgehead atoms. The lowest BCUT2D eigenvalue weighted by atomic mass is 10.1. The molecule has 1 heterocycles. The monoisotopic (exact) mass is 293 g/mol. The zero-order chi connectivity index (χ0) is 15.0. The average molecular weight is 293 g/mol. The van der Waals surface area contributed by atoms with Crippen LogP contribution in [-0.4, -0.2) is 26.3 Å². The van der Waals surface area contributed by atoms with Gasteiger partial charge in [0.1, 0.15) is 17.8 Å². The van der Waals surface area contributed by atoms with E-state index in [9.17, 15) is 18.3 Å². The summed E-state index contributed by atoms with van der Waals surface area (Å²) < 4.78 is 38.3. The third-order valence-corrected chi connectivity index (χ3v) is 3.04. The highest BCUT2D eigenvalue weighted by Gasteiger charge is 2.29. The first kappa shape index (κ1) is 13.4. The maximum Gasteiger partial charge on any atom is 0.408 e. The van der Waals surface area contributed by atoms with Gasteiger partial charge >= 0.3 is 6.18 Å². The Hall–Kier alpha value is -2.57. The molecule has 0 radical (unpaired) electrons. The van der Waals surface area contributed by atoms with Crippen molar-refractivity contribution >= 4 is 11.0 Å². The molecule has 21 heavy (non-hydrogen) atoms. The predicted molar refractivity (Wildman–Crippen MR) is 70.7 cm³/mol. The maximum atomic E-state index is 12.5. The number of fused-ring (bicyclic) bond motifs is 1. The number of aromatic nitrogens is 3. The highest BCUT2D eigenvalue weighted by atomic mass is 19.4. The second-order valence-corrected chi connectivity index (χ2v) is 4.61. The van der Waals surface area contributed by atoms with Gasteiger partial charge in [0.05, 0.1) is 5.52 Å². The van der Waals surface area contributed by atoms with Crippen molar-refractivity contribution in [2.75, 3.05) is 0 Å². The van der Waals surface area contributed by atoms with Gasteiger partial charge in [-0.2, -0.15) is 13.2 Å². The summed E-state index contributed by atoms with van der Waals surface area (Å²) in [5, 5.41) is 16.5. The van der Waals surface area contributed by atoms with E-state index in [1.54, 1.807) is 30.3 Å². The largest absolute Gasteiger partial charge is 0.508 e.